The van der Waals surface area contributed by atoms with E-state index in [4.69, 9.17) is 0 Å². The molecule has 0 aliphatic rings. The van der Waals surface area contributed by atoms with E-state index in [1.165, 1.54) is 0 Å². The van der Waals surface area contributed by atoms with Crippen molar-refractivity contribution in [2.75, 3.05) is 5.32 Å². The molecule has 0 spiro atoms. The quantitative estimate of drug-likeness (QED) is 0.375. The lowest BCUT2D eigenvalue weighted by Gasteiger charge is -2.13. The Balaban J connectivity index is 1.92. The maximum Gasteiger partial charge on any atom is 0.319 e. The summed E-state index contributed by atoms with van der Waals surface area (Å²) in [5.41, 5.74) is 6.08. The molecule has 1 heterocycles. The van der Waals surface area contributed by atoms with Crippen molar-refractivity contribution in [3.63, 3.8) is 0 Å². The highest BCUT2D eigenvalue weighted by Gasteiger charge is 2.21. The first kappa shape index (κ1) is 22.1. The number of anilines is 1. The van der Waals surface area contributed by atoms with Crippen LogP contribution in [0, 0.1) is 13.8 Å². The van der Waals surface area contributed by atoms with Crippen LogP contribution in [0.4, 0.5) is 10.5 Å². The second kappa shape index (κ2) is 9.20. The van der Waals surface area contributed by atoms with Gasteiger partial charge >= 0.3 is 6.03 Å². The number of rotatable bonds is 5. The second-order valence-electron chi connectivity index (χ2n) is 8.51. The van der Waals surface area contributed by atoms with Crippen LogP contribution in [0.25, 0.3) is 28.1 Å². The summed E-state index contributed by atoms with van der Waals surface area (Å²) in [4.78, 5) is 26.2. The summed E-state index contributed by atoms with van der Waals surface area (Å²) in [5.74, 6) is 0. The number of aromatic amines is 1. The lowest BCUT2D eigenvalue weighted by Crippen LogP contribution is -2.34. The van der Waals surface area contributed by atoms with Gasteiger partial charge in [0.15, 0.2) is 0 Å². The zero-order valence-electron chi connectivity index (χ0n) is 19.3. The van der Waals surface area contributed by atoms with Crippen molar-refractivity contribution in [3.05, 3.63) is 94.3 Å². The largest absolute Gasteiger partial charge is 0.336 e. The van der Waals surface area contributed by atoms with Gasteiger partial charge in [0, 0.05) is 17.2 Å². The minimum atomic E-state index is -0.316. The highest BCUT2D eigenvalue weighted by Crippen LogP contribution is 2.34. The molecule has 2 amide bonds. The van der Waals surface area contributed by atoms with Crippen LogP contribution >= 0.6 is 0 Å². The number of amides is 2. The SMILES string of the molecule is Cc1ccc(-n2[nH]c(-c3cccc(C)c3)c(-c3ccccc3NC(=O)NC(C)C)c2=O)cc1. The first-order valence-corrected chi connectivity index (χ1v) is 11.0. The van der Waals surface area contributed by atoms with Crippen molar-refractivity contribution in [1.82, 2.24) is 15.1 Å². The molecular weight excluding hydrogens is 412 g/mol. The second-order valence-corrected chi connectivity index (χ2v) is 8.51. The van der Waals surface area contributed by atoms with E-state index in [1.54, 1.807) is 10.7 Å². The summed E-state index contributed by atoms with van der Waals surface area (Å²) in [6, 6.07) is 22.8. The van der Waals surface area contributed by atoms with E-state index in [0.29, 0.717) is 22.5 Å². The molecule has 0 unspecified atom stereocenters. The highest BCUT2D eigenvalue weighted by molar-refractivity contribution is 5.96. The number of hydrogen-bond donors (Lipinski definition) is 3. The van der Waals surface area contributed by atoms with E-state index in [1.807, 2.05) is 94.4 Å². The van der Waals surface area contributed by atoms with Gasteiger partial charge in [-0.15, -0.1) is 0 Å². The molecule has 6 heteroatoms. The van der Waals surface area contributed by atoms with E-state index >= 15 is 0 Å². The predicted molar refractivity (Wildman–Crippen MR) is 134 cm³/mol. The van der Waals surface area contributed by atoms with Crippen LogP contribution in [0.5, 0.6) is 0 Å². The van der Waals surface area contributed by atoms with E-state index in [0.717, 1.165) is 22.4 Å². The number of para-hydroxylation sites is 1. The normalized spacial score (nSPS) is 10.9. The van der Waals surface area contributed by atoms with E-state index in [-0.39, 0.29) is 17.6 Å². The Bertz CT molecular complexity index is 1350. The van der Waals surface area contributed by atoms with Gasteiger partial charge in [-0.3, -0.25) is 9.89 Å². The highest BCUT2D eigenvalue weighted by atomic mass is 16.2. The van der Waals surface area contributed by atoms with Crippen molar-refractivity contribution >= 4 is 11.7 Å². The summed E-state index contributed by atoms with van der Waals surface area (Å²) < 4.78 is 1.55. The molecule has 6 nitrogen and oxygen atoms in total. The molecule has 168 valence electrons. The van der Waals surface area contributed by atoms with Crippen LogP contribution in [0.3, 0.4) is 0 Å². The Labute approximate surface area is 193 Å². The minimum absolute atomic E-state index is 0.00830. The van der Waals surface area contributed by atoms with Gasteiger partial charge in [0.1, 0.15) is 0 Å². The number of carbonyl (C=O) groups excluding carboxylic acids is 1. The summed E-state index contributed by atoms with van der Waals surface area (Å²) in [6.45, 7) is 7.82. The summed E-state index contributed by atoms with van der Waals surface area (Å²) in [6.07, 6.45) is 0. The van der Waals surface area contributed by atoms with Gasteiger partial charge in [-0.05, 0) is 52.0 Å². The van der Waals surface area contributed by atoms with Crippen molar-refractivity contribution < 1.29 is 4.79 Å². The maximum absolute atomic E-state index is 13.8. The molecule has 0 fully saturated rings. The molecule has 3 N–H and O–H groups in total. The first-order valence-electron chi connectivity index (χ1n) is 11.0. The van der Waals surface area contributed by atoms with E-state index in [9.17, 15) is 9.59 Å². The Hall–Kier alpha value is -4.06. The number of carbonyl (C=O) groups is 1. The van der Waals surface area contributed by atoms with Crippen molar-refractivity contribution in [3.8, 4) is 28.1 Å². The molecule has 0 saturated heterocycles. The Kier molecular flexibility index (Phi) is 6.18. The molecule has 4 aromatic rings. The first-order chi connectivity index (χ1) is 15.8. The molecule has 0 aliphatic carbocycles. The molecule has 0 atom stereocenters. The number of aryl methyl sites for hydroxylation is 2. The Morgan fingerprint density at radius 1 is 0.909 bits per heavy atom. The zero-order chi connectivity index (χ0) is 23.5. The molecular formula is C27H28N4O2. The molecule has 1 aromatic heterocycles. The molecule has 0 aliphatic heterocycles. The molecule has 33 heavy (non-hydrogen) atoms. The van der Waals surface area contributed by atoms with Gasteiger partial charge in [0.2, 0.25) is 0 Å². The van der Waals surface area contributed by atoms with E-state index < -0.39 is 0 Å². The third kappa shape index (κ3) is 4.75. The molecule has 3 aromatic carbocycles. The lowest BCUT2D eigenvalue weighted by molar-refractivity contribution is 0.250. The maximum atomic E-state index is 13.8. The third-order valence-electron chi connectivity index (χ3n) is 5.35. The predicted octanol–water partition coefficient (Wildman–Crippen LogP) is 5.65. The van der Waals surface area contributed by atoms with Gasteiger partial charge in [-0.2, -0.15) is 0 Å². The number of nitrogens with one attached hydrogen (secondary N) is 3. The fourth-order valence-electron chi connectivity index (χ4n) is 3.80. The van der Waals surface area contributed by atoms with Crippen LogP contribution in [0.15, 0.2) is 77.6 Å². The van der Waals surface area contributed by atoms with Crippen molar-refractivity contribution in [2.45, 2.75) is 33.7 Å². The van der Waals surface area contributed by atoms with Crippen LogP contribution in [-0.2, 0) is 0 Å². The number of hydrogen-bond acceptors (Lipinski definition) is 2. The number of H-pyrrole nitrogens is 1. The van der Waals surface area contributed by atoms with Crippen LogP contribution in [-0.4, -0.2) is 21.9 Å². The van der Waals surface area contributed by atoms with Gasteiger partial charge < -0.3 is 10.6 Å². The van der Waals surface area contributed by atoms with Crippen LogP contribution < -0.4 is 16.2 Å². The summed E-state index contributed by atoms with van der Waals surface area (Å²) >= 11 is 0. The Morgan fingerprint density at radius 3 is 2.33 bits per heavy atom. The van der Waals surface area contributed by atoms with Crippen LogP contribution in [0.1, 0.15) is 25.0 Å². The van der Waals surface area contributed by atoms with Gasteiger partial charge in [-0.25, -0.2) is 9.48 Å². The minimum Gasteiger partial charge on any atom is -0.336 e. The summed E-state index contributed by atoms with van der Waals surface area (Å²) in [5, 5.41) is 9.05. The van der Waals surface area contributed by atoms with Gasteiger partial charge in [-0.1, -0.05) is 59.7 Å². The Morgan fingerprint density at radius 2 is 1.64 bits per heavy atom. The third-order valence-corrected chi connectivity index (χ3v) is 5.35. The summed E-state index contributed by atoms with van der Waals surface area (Å²) in [7, 11) is 0. The topological polar surface area (TPSA) is 78.9 Å². The van der Waals surface area contributed by atoms with Crippen molar-refractivity contribution in [2.24, 2.45) is 0 Å². The smallest absolute Gasteiger partial charge is 0.319 e. The molecule has 0 radical (unpaired) electrons. The number of benzene rings is 3. The standard InChI is InChI=1S/C27H28N4O2/c1-17(2)28-27(33)29-23-11-6-5-10-22(23)24-25(20-9-7-8-19(4)16-20)30-31(26(24)32)21-14-12-18(3)13-15-21/h5-17,30H,1-4H3,(H2,28,29,33). The average Bonchev–Trinajstić information content (AvgIpc) is 3.11. The fourth-order valence-corrected chi connectivity index (χ4v) is 3.80. The molecule has 0 bridgehead atoms. The number of urea groups is 1. The number of aromatic nitrogens is 2. The molecule has 0 saturated carbocycles. The fraction of sp³-hybridized carbons (Fsp3) is 0.185. The lowest BCUT2D eigenvalue weighted by atomic mass is 9.99. The van der Waals surface area contributed by atoms with Crippen molar-refractivity contribution in [1.29, 1.82) is 0 Å². The van der Waals surface area contributed by atoms with Crippen LogP contribution in [0.2, 0.25) is 0 Å². The van der Waals surface area contributed by atoms with E-state index in [2.05, 4.69) is 15.7 Å². The zero-order valence-corrected chi connectivity index (χ0v) is 19.3. The average molecular weight is 441 g/mol. The van der Waals surface area contributed by atoms with Gasteiger partial charge in [0.25, 0.3) is 5.56 Å². The monoisotopic (exact) mass is 440 g/mol. The molecule has 4 rings (SSSR count). The van der Waals surface area contributed by atoms with Gasteiger partial charge in [0.05, 0.1) is 22.6 Å². The number of nitrogens with zero attached hydrogens (tertiary/aromatic N) is 1.